The van der Waals surface area contributed by atoms with E-state index in [-0.39, 0.29) is 28.1 Å². The third-order valence-corrected chi connectivity index (χ3v) is 21.4. The van der Waals surface area contributed by atoms with Gasteiger partial charge in [-0.1, -0.05) is 106 Å². The van der Waals surface area contributed by atoms with Crippen molar-refractivity contribution in [3.63, 3.8) is 0 Å². The molecule has 0 unspecified atom stereocenters. The van der Waals surface area contributed by atoms with Crippen LogP contribution in [0.3, 0.4) is 0 Å². The summed E-state index contributed by atoms with van der Waals surface area (Å²) < 4.78 is 37.5. The first-order chi connectivity index (χ1) is 29.7. The van der Waals surface area contributed by atoms with Gasteiger partial charge >= 0.3 is 34.2 Å². The van der Waals surface area contributed by atoms with Crippen LogP contribution >= 0.6 is 0 Å². The number of hydrogen-bond donors (Lipinski definition) is 3. The molecule has 0 aliphatic rings. The van der Waals surface area contributed by atoms with E-state index < -0.39 is 34.2 Å². The SMILES string of the molecule is C[Si](C)(Oc1cccc(O)c1)O[Si](C)(C)Oc1cccc(O)c1.Cc1ccc(C(C)(C)c2ccc(O[Si](C)(C)O[Si](C)(C)Oc3ccc(C(C)(C)c4ccc(O)cc4)cc3)cc2)cc1. The predicted molar refractivity (Wildman–Crippen MR) is 267 cm³/mol. The van der Waals surface area contributed by atoms with Crippen LogP contribution in [0.5, 0.6) is 40.2 Å². The molecule has 9 nitrogen and oxygen atoms in total. The number of rotatable bonds is 16. The fourth-order valence-corrected chi connectivity index (χ4v) is 20.5. The molecule has 64 heavy (non-hydrogen) atoms. The minimum Gasteiger partial charge on any atom is -0.521 e. The normalized spacial score (nSPS) is 12.5. The Bertz CT molecular complexity index is 2260. The van der Waals surface area contributed by atoms with E-state index in [1.54, 1.807) is 60.7 Å². The molecule has 0 saturated carbocycles. The van der Waals surface area contributed by atoms with E-state index in [1.807, 2.05) is 62.6 Å². The minimum atomic E-state index is -2.55. The molecule has 6 aromatic carbocycles. The second kappa shape index (κ2) is 19.8. The molecule has 0 atom stereocenters. The minimum absolute atomic E-state index is 0.104. The summed E-state index contributed by atoms with van der Waals surface area (Å²) in [5.74, 6) is 3.33. The summed E-state index contributed by atoms with van der Waals surface area (Å²) in [5.41, 5.74) is 5.79. The molecule has 6 rings (SSSR count). The fraction of sp³-hybridized carbons (Fsp3) is 0.294. The molecular weight excluding hydrogens is 869 g/mol. The van der Waals surface area contributed by atoms with E-state index in [4.69, 9.17) is 25.9 Å². The van der Waals surface area contributed by atoms with Crippen LogP contribution < -0.4 is 17.7 Å². The van der Waals surface area contributed by atoms with Crippen LogP contribution in [0.2, 0.25) is 52.4 Å². The third-order valence-electron chi connectivity index (χ3n) is 10.6. The zero-order valence-corrected chi connectivity index (χ0v) is 43.6. The van der Waals surface area contributed by atoms with Gasteiger partial charge in [0.1, 0.15) is 40.2 Å². The number of phenolic OH excluding ortho intramolecular Hbond substituents is 3. The highest BCUT2D eigenvalue weighted by molar-refractivity contribution is 6.80. The van der Waals surface area contributed by atoms with Crippen LogP contribution in [0.25, 0.3) is 0 Å². The van der Waals surface area contributed by atoms with E-state index in [9.17, 15) is 15.3 Å². The third kappa shape index (κ3) is 14.4. The van der Waals surface area contributed by atoms with Gasteiger partial charge < -0.3 is 41.3 Å². The molecule has 3 N–H and O–H groups in total. The van der Waals surface area contributed by atoms with Crippen molar-refractivity contribution in [3.8, 4) is 40.2 Å². The molecule has 0 fully saturated rings. The Kier molecular flexibility index (Phi) is 15.4. The molecule has 0 amide bonds. The zero-order chi connectivity index (χ0) is 47.1. The summed E-state index contributed by atoms with van der Waals surface area (Å²) in [6.45, 7) is 26.9. The second-order valence-corrected chi connectivity index (χ2v) is 32.6. The molecule has 0 heterocycles. The monoisotopic (exact) mass is 934 g/mol. The second-order valence-electron chi connectivity index (χ2n) is 18.9. The smallest absolute Gasteiger partial charge is 0.384 e. The summed E-state index contributed by atoms with van der Waals surface area (Å²) in [5, 5.41) is 28.7. The molecule has 0 saturated heterocycles. The Balaban J connectivity index is 0.000000283. The summed E-state index contributed by atoms with van der Waals surface area (Å²) >= 11 is 0. The largest absolute Gasteiger partial charge is 0.521 e. The van der Waals surface area contributed by atoms with E-state index >= 15 is 0 Å². The molecule has 0 radical (unpaired) electrons. The highest BCUT2D eigenvalue weighted by Gasteiger charge is 2.41. The fourth-order valence-electron chi connectivity index (χ4n) is 7.56. The lowest BCUT2D eigenvalue weighted by molar-refractivity contribution is 0.332. The van der Waals surface area contributed by atoms with Crippen molar-refractivity contribution in [2.45, 2.75) is 97.8 Å². The first-order valence-corrected chi connectivity index (χ1v) is 32.8. The van der Waals surface area contributed by atoms with Gasteiger partial charge in [0.2, 0.25) is 0 Å². The Morgan fingerprint density at radius 2 is 0.625 bits per heavy atom. The van der Waals surface area contributed by atoms with E-state index in [1.165, 1.54) is 22.3 Å². The first kappa shape index (κ1) is 49.7. The molecule has 0 aromatic heterocycles. The summed E-state index contributed by atoms with van der Waals surface area (Å²) in [7, 11) is -10.1. The van der Waals surface area contributed by atoms with Crippen LogP contribution in [0, 0.1) is 6.92 Å². The van der Waals surface area contributed by atoms with Gasteiger partial charge in [-0.15, -0.1) is 0 Å². The van der Waals surface area contributed by atoms with Gasteiger partial charge in [0, 0.05) is 23.0 Å². The molecule has 6 aromatic rings. The van der Waals surface area contributed by atoms with Gasteiger partial charge in [0.15, 0.2) is 0 Å². The van der Waals surface area contributed by atoms with Crippen LogP contribution in [-0.2, 0) is 19.1 Å². The number of aromatic hydroxyl groups is 3. The molecular formula is C51H66O9Si4. The van der Waals surface area contributed by atoms with E-state index in [0.29, 0.717) is 11.5 Å². The van der Waals surface area contributed by atoms with E-state index in [2.05, 4.69) is 109 Å². The highest BCUT2D eigenvalue weighted by Crippen LogP contribution is 2.36. The Labute approximate surface area is 385 Å². The van der Waals surface area contributed by atoms with Crippen molar-refractivity contribution in [2.75, 3.05) is 0 Å². The summed E-state index contributed by atoms with van der Waals surface area (Å²) in [4.78, 5) is 0. The maximum absolute atomic E-state index is 9.66. The van der Waals surface area contributed by atoms with Crippen LogP contribution in [0.15, 0.2) is 146 Å². The van der Waals surface area contributed by atoms with Crippen molar-refractivity contribution in [2.24, 2.45) is 0 Å². The number of benzene rings is 6. The quantitative estimate of drug-likeness (QED) is 0.0816. The molecule has 340 valence electrons. The lowest BCUT2D eigenvalue weighted by atomic mass is 9.78. The van der Waals surface area contributed by atoms with Gasteiger partial charge in [-0.05, 0) is 142 Å². The average molecular weight is 935 g/mol. The highest BCUT2D eigenvalue weighted by atomic mass is 28.5. The number of aryl methyl sites for hydroxylation is 1. The average Bonchev–Trinajstić information content (AvgIpc) is 3.17. The van der Waals surface area contributed by atoms with Gasteiger partial charge in [-0.3, -0.25) is 0 Å². The number of phenols is 3. The Morgan fingerprint density at radius 1 is 0.344 bits per heavy atom. The van der Waals surface area contributed by atoms with Gasteiger partial charge in [-0.2, -0.15) is 0 Å². The number of hydrogen-bond acceptors (Lipinski definition) is 9. The van der Waals surface area contributed by atoms with Gasteiger partial charge in [0.25, 0.3) is 0 Å². The molecule has 0 aliphatic carbocycles. The van der Waals surface area contributed by atoms with Crippen molar-refractivity contribution in [3.05, 3.63) is 173 Å². The Hall–Kier alpha value is -5.29. The molecule has 0 bridgehead atoms. The lowest BCUT2D eigenvalue weighted by Gasteiger charge is -2.33. The zero-order valence-electron chi connectivity index (χ0n) is 39.6. The van der Waals surface area contributed by atoms with Crippen LogP contribution in [-0.4, -0.2) is 49.6 Å². The maximum Gasteiger partial charge on any atom is 0.384 e. The topological polar surface area (TPSA) is 116 Å². The molecule has 0 aliphatic heterocycles. The van der Waals surface area contributed by atoms with Gasteiger partial charge in [0.05, 0.1) is 0 Å². The van der Waals surface area contributed by atoms with Crippen LogP contribution in [0.4, 0.5) is 0 Å². The predicted octanol–water partition coefficient (Wildman–Crippen LogP) is 13.2. The van der Waals surface area contributed by atoms with Crippen LogP contribution in [0.1, 0.15) is 55.5 Å². The van der Waals surface area contributed by atoms with Crippen molar-refractivity contribution >= 4 is 34.2 Å². The van der Waals surface area contributed by atoms with Crippen molar-refractivity contribution in [1.82, 2.24) is 0 Å². The van der Waals surface area contributed by atoms with Crippen molar-refractivity contribution in [1.29, 1.82) is 0 Å². The first-order valence-electron chi connectivity index (χ1n) is 21.5. The molecule has 0 spiro atoms. The summed E-state index contributed by atoms with van der Waals surface area (Å²) in [6.07, 6.45) is 0. The Morgan fingerprint density at radius 3 is 0.938 bits per heavy atom. The van der Waals surface area contributed by atoms with Crippen molar-refractivity contribution < 1.29 is 41.3 Å². The summed E-state index contributed by atoms with van der Waals surface area (Å²) in [6, 6.07) is 46.1. The lowest BCUT2D eigenvalue weighted by Crippen LogP contribution is -2.52. The van der Waals surface area contributed by atoms with Gasteiger partial charge in [-0.25, -0.2) is 0 Å². The standard InChI is InChI=1S/C35H44O4Si2.C16H22O5Si2/c1-26-10-12-27(13-11-26)34(2,3)29-16-22-32(23-17-29)37-40(6,7)39-41(8,9)38-33-24-18-30(19-25-33)35(4,5)28-14-20-31(36)21-15-28;1-22(2,19-15-9-5-7-13(17)11-15)21-23(3,4)20-16-10-6-8-14(18)12-16/h10-25,36H,1-9H3;5-12,17-18H,1-4H3. The van der Waals surface area contributed by atoms with E-state index in [0.717, 1.165) is 17.1 Å². The maximum atomic E-state index is 9.66. The molecule has 13 heteroatoms.